The van der Waals surface area contributed by atoms with Crippen LogP contribution < -0.4 is 10.1 Å². The number of nitrogens with zero attached hydrogens (tertiary/aromatic N) is 1. The molecule has 114 valence electrons. The van der Waals surface area contributed by atoms with Crippen molar-refractivity contribution >= 4 is 0 Å². The average Bonchev–Trinajstić information content (AvgIpc) is 2.43. The molecule has 20 heavy (non-hydrogen) atoms. The van der Waals surface area contributed by atoms with Crippen molar-refractivity contribution < 1.29 is 4.74 Å². The normalized spacial score (nSPS) is 12.7. The molecule has 0 amide bonds. The van der Waals surface area contributed by atoms with E-state index in [0.717, 1.165) is 31.3 Å². The third-order valence-corrected chi connectivity index (χ3v) is 3.35. The summed E-state index contributed by atoms with van der Waals surface area (Å²) in [6.07, 6.45) is 2.41. The number of nitrogens with one attached hydrogen (secondary N) is 1. The SMILES string of the molecule is CCCC(C)COc1cc(CNCC)cc(C(C)C)n1. The van der Waals surface area contributed by atoms with E-state index in [1.54, 1.807) is 0 Å². The largest absolute Gasteiger partial charge is 0.477 e. The minimum atomic E-state index is 0.423. The van der Waals surface area contributed by atoms with Gasteiger partial charge in [-0.2, -0.15) is 0 Å². The molecule has 1 N–H and O–H groups in total. The molecule has 0 radical (unpaired) electrons. The minimum absolute atomic E-state index is 0.423. The highest BCUT2D eigenvalue weighted by atomic mass is 16.5. The van der Waals surface area contributed by atoms with Gasteiger partial charge < -0.3 is 10.1 Å². The molecule has 0 bridgehead atoms. The molecule has 0 aromatic carbocycles. The molecule has 0 aliphatic rings. The Morgan fingerprint density at radius 2 is 1.95 bits per heavy atom. The Morgan fingerprint density at radius 1 is 1.20 bits per heavy atom. The third-order valence-electron chi connectivity index (χ3n) is 3.35. The average molecular weight is 278 g/mol. The standard InChI is InChI=1S/C17H30N2O/c1-6-8-14(5)12-20-17-10-15(11-18-7-2)9-16(19-17)13(3)4/h9-10,13-14,18H,6-8,11-12H2,1-5H3. The second kappa shape index (κ2) is 8.96. The van der Waals surface area contributed by atoms with Crippen LogP contribution in [0.1, 0.15) is 64.6 Å². The van der Waals surface area contributed by atoms with Crippen LogP contribution >= 0.6 is 0 Å². The van der Waals surface area contributed by atoms with E-state index in [4.69, 9.17) is 4.74 Å². The van der Waals surface area contributed by atoms with E-state index in [1.165, 1.54) is 18.4 Å². The number of ether oxygens (including phenoxy) is 1. The van der Waals surface area contributed by atoms with Gasteiger partial charge in [-0.15, -0.1) is 0 Å². The van der Waals surface area contributed by atoms with Crippen molar-refractivity contribution in [3.63, 3.8) is 0 Å². The van der Waals surface area contributed by atoms with Gasteiger partial charge in [0.2, 0.25) is 5.88 Å². The Bertz CT molecular complexity index is 391. The van der Waals surface area contributed by atoms with E-state index in [9.17, 15) is 0 Å². The number of hydrogen-bond acceptors (Lipinski definition) is 3. The van der Waals surface area contributed by atoms with Gasteiger partial charge in [0, 0.05) is 18.3 Å². The van der Waals surface area contributed by atoms with Gasteiger partial charge in [-0.05, 0) is 36.4 Å². The maximum Gasteiger partial charge on any atom is 0.213 e. The molecule has 0 aliphatic carbocycles. The molecular weight excluding hydrogens is 248 g/mol. The molecule has 0 aliphatic heterocycles. The maximum atomic E-state index is 5.89. The molecule has 0 saturated heterocycles. The summed E-state index contributed by atoms with van der Waals surface area (Å²) in [5.41, 5.74) is 2.36. The highest BCUT2D eigenvalue weighted by molar-refractivity contribution is 5.26. The van der Waals surface area contributed by atoms with Crippen molar-refractivity contribution in [2.45, 2.75) is 59.9 Å². The zero-order valence-corrected chi connectivity index (χ0v) is 13.7. The molecule has 0 saturated carbocycles. The van der Waals surface area contributed by atoms with E-state index in [0.29, 0.717) is 11.8 Å². The molecule has 3 heteroatoms. The zero-order chi connectivity index (χ0) is 15.0. The van der Waals surface area contributed by atoms with E-state index in [-0.39, 0.29) is 0 Å². The fourth-order valence-electron chi connectivity index (χ4n) is 2.13. The summed E-state index contributed by atoms with van der Waals surface area (Å²) in [6, 6.07) is 4.24. The van der Waals surface area contributed by atoms with Crippen molar-refractivity contribution in [3.8, 4) is 5.88 Å². The van der Waals surface area contributed by atoms with Crippen LogP contribution in [0, 0.1) is 5.92 Å². The van der Waals surface area contributed by atoms with Crippen LogP contribution in [-0.2, 0) is 6.54 Å². The molecular formula is C17H30N2O. The van der Waals surface area contributed by atoms with Crippen molar-refractivity contribution in [1.29, 1.82) is 0 Å². The summed E-state index contributed by atoms with van der Waals surface area (Å²) in [7, 11) is 0. The Morgan fingerprint density at radius 3 is 2.55 bits per heavy atom. The highest BCUT2D eigenvalue weighted by Crippen LogP contribution is 2.20. The Labute approximate surface area is 124 Å². The number of pyridine rings is 1. The van der Waals surface area contributed by atoms with Gasteiger partial charge >= 0.3 is 0 Å². The summed E-state index contributed by atoms with van der Waals surface area (Å²) in [5, 5.41) is 3.36. The van der Waals surface area contributed by atoms with Crippen LogP contribution in [0.5, 0.6) is 5.88 Å². The first-order chi connectivity index (χ1) is 9.56. The molecule has 0 spiro atoms. The van der Waals surface area contributed by atoms with Crippen molar-refractivity contribution in [2.24, 2.45) is 5.92 Å². The molecule has 0 fully saturated rings. The molecule has 1 rings (SSSR count). The first-order valence-corrected chi connectivity index (χ1v) is 7.91. The predicted octanol–water partition coefficient (Wildman–Crippen LogP) is 4.13. The van der Waals surface area contributed by atoms with Crippen LogP contribution in [-0.4, -0.2) is 18.1 Å². The lowest BCUT2D eigenvalue weighted by Crippen LogP contribution is -2.14. The molecule has 1 unspecified atom stereocenters. The quantitative estimate of drug-likeness (QED) is 0.737. The molecule has 1 aromatic heterocycles. The fraction of sp³-hybridized carbons (Fsp3) is 0.706. The third kappa shape index (κ3) is 5.91. The predicted molar refractivity (Wildman–Crippen MR) is 85.3 cm³/mol. The summed E-state index contributed by atoms with van der Waals surface area (Å²) < 4.78 is 5.89. The van der Waals surface area contributed by atoms with Crippen molar-refractivity contribution in [1.82, 2.24) is 10.3 Å². The monoisotopic (exact) mass is 278 g/mol. The summed E-state index contributed by atoms with van der Waals surface area (Å²) >= 11 is 0. The lowest BCUT2D eigenvalue weighted by Gasteiger charge is -2.15. The van der Waals surface area contributed by atoms with Crippen molar-refractivity contribution in [2.75, 3.05) is 13.2 Å². The van der Waals surface area contributed by atoms with E-state index < -0.39 is 0 Å². The van der Waals surface area contributed by atoms with Gasteiger partial charge in [0.15, 0.2) is 0 Å². The first-order valence-electron chi connectivity index (χ1n) is 7.91. The van der Waals surface area contributed by atoms with Crippen molar-refractivity contribution in [3.05, 3.63) is 23.4 Å². The summed E-state index contributed by atoms with van der Waals surface area (Å²) in [6.45, 7) is 13.5. The fourth-order valence-corrected chi connectivity index (χ4v) is 2.13. The minimum Gasteiger partial charge on any atom is -0.477 e. The first kappa shape index (κ1) is 17.0. The van der Waals surface area contributed by atoms with E-state index in [2.05, 4.69) is 57.1 Å². The lowest BCUT2D eigenvalue weighted by molar-refractivity contribution is 0.242. The molecule has 3 nitrogen and oxygen atoms in total. The zero-order valence-electron chi connectivity index (χ0n) is 13.7. The van der Waals surface area contributed by atoms with Crippen LogP contribution in [0.15, 0.2) is 12.1 Å². The molecule has 1 atom stereocenters. The highest BCUT2D eigenvalue weighted by Gasteiger charge is 2.08. The summed E-state index contributed by atoms with van der Waals surface area (Å²) in [5.74, 6) is 1.78. The topological polar surface area (TPSA) is 34.1 Å². The van der Waals surface area contributed by atoms with Gasteiger partial charge in [-0.1, -0.05) is 41.0 Å². The Balaban J connectivity index is 2.74. The molecule has 1 aromatic rings. The van der Waals surface area contributed by atoms with Crippen LogP contribution in [0.2, 0.25) is 0 Å². The summed E-state index contributed by atoms with van der Waals surface area (Å²) in [4.78, 5) is 4.62. The molecule has 1 heterocycles. The Hall–Kier alpha value is -1.09. The van der Waals surface area contributed by atoms with Gasteiger partial charge in [-0.25, -0.2) is 4.98 Å². The second-order valence-corrected chi connectivity index (χ2v) is 5.88. The number of hydrogen-bond donors (Lipinski definition) is 1. The van der Waals surface area contributed by atoms with Gasteiger partial charge in [0.1, 0.15) is 0 Å². The van der Waals surface area contributed by atoms with Gasteiger partial charge in [0.25, 0.3) is 0 Å². The van der Waals surface area contributed by atoms with E-state index >= 15 is 0 Å². The maximum absolute atomic E-state index is 5.89. The van der Waals surface area contributed by atoms with Gasteiger partial charge in [-0.3, -0.25) is 0 Å². The number of rotatable bonds is 9. The Kier molecular flexibility index (Phi) is 7.60. The van der Waals surface area contributed by atoms with Crippen LogP contribution in [0.4, 0.5) is 0 Å². The number of aromatic nitrogens is 1. The van der Waals surface area contributed by atoms with Gasteiger partial charge in [0.05, 0.1) is 6.61 Å². The van der Waals surface area contributed by atoms with Crippen LogP contribution in [0.3, 0.4) is 0 Å². The van der Waals surface area contributed by atoms with Crippen LogP contribution in [0.25, 0.3) is 0 Å². The second-order valence-electron chi connectivity index (χ2n) is 5.88. The van der Waals surface area contributed by atoms with E-state index in [1.807, 2.05) is 0 Å². The smallest absolute Gasteiger partial charge is 0.213 e. The lowest BCUT2D eigenvalue weighted by atomic mass is 10.1.